The average Bonchev–Trinajstić information content (AvgIpc) is 3.43. The first-order valence-corrected chi connectivity index (χ1v) is 13.1. The molecule has 1 aromatic heterocycles. The van der Waals surface area contributed by atoms with E-state index in [9.17, 15) is 33.3 Å². The van der Waals surface area contributed by atoms with Crippen molar-refractivity contribution in [1.82, 2.24) is 15.0 Å². The highest BCUT2D eigenvalue weighted by atomic mass is 19.2. The lowest BCUT2D eigenvalue weighted by Gasteiger charge is -2.44. The van der Waals surface area contributed by atoms with Crippen molar-refractivity contribution in [2.24, 2.45) is 0 Å². The Bertz CT molecular complexity index is 1250. The molecule has 40 heavy (non-hydrogen) atoms. The third-order valence-electron chi connectivity index (χ3n) is 6.94. The predicted octanol–water partition coefficient (Wildman–Crippen LogP) is 3.12. The van der Waals surface area contributed by atoms with Crippen molar-refractivity contribution in [2.75, 3.05) is 6.61 Å². The summed E-state index contributed by atoms with van der Waals surface area (Å²) in [5.74, 6) is -4.78. The Labute approximate surface area is 229 Å². The molecule has 3 aromatic rings. The number of halogens is 3. The summed E-state index contributed by atoms with van der Waals surface area (Å²) in [6.45, 7) is 1.40. The van der Waals surface area contributed by atoms with Gasteiger partial charge in [-0.25, -0.2) is 17.9 Å². The predicted molar refractivity (Wildman–Crippen MR) is 136 cm³/mol. The lowest BCUT2D eigenvalue weighted by molar-refractivity contribution is -0.234. The third-order valence-corrected chi connectivity index (χ3v) is 6.94. The number of aromatic nitrogens is 3. The van der Waals surface area contributed by atoms with Crippen LogP contribution in [0.15, 0.2) is 48.7 Å². The van der Waals surface area contributed by atoms with Gasteiger partial charge in [-0.2, -0.15) is 0 Å². The van der Waals surface area contributed by atoms with Crippen molar-refractivity contribution in [3.8, 4) is 11.3 Å². The smallest absolute Gasteiger partial charge is 0.194 e. The highest BCUT2D eigenvalue weighted by Crippen LogP contribution is 2.34. The van der Waals surface area contributed by atoms with Gasteiger partial charge >= 0.3 is 0 Å². The lowest BCUT2D eigenvalue weighted by Crippen LogP contribution is -2.60. The van der Waals surface area contributed by atoms with Gasteiger partial charge < -0.3 is 24.8 Å². The Morgan fingerprint density at radius 1 is 1.10 bits per heavy atom. The minimum Gasteiger partial charge on any atom is -0.394 e. The summed E-state index contributed by atoms with van der Waals surface area (Å²) in [6.07, 6.45) is -3.12. The summed E-state index contributed by atoms with van der Waals surface area (Å²) >= 11 is 0. The molecule has 0 bridgehead atoms. The largest absolute Gasteiger partial charge is 0.394 e. The van der Waals surface area contributed by atoms with Crippen LogP contribution in [-0.4, -0.2) is 73.2 Å². The number of ether oxygens (including phenoxy) is 2. The van der Waals surface area contributed by atoms with Gasteiger partial charge in [-0.15, -0.1) is 5.10 Å². The SMILES string of the molecule is CCCCCC(=O)[C@@H](OCc1ccccc1)[C@@H]1OC(CO)[C@H](O)[C@H](n2cc(-c3cc(F)c(F)c(F)c3)nn2)C1O. The Balaban J connectivity index is 1.64. The molecule has 1 saturated heterocycles. The van der Waals surface area contributed by atoms with Crippen LogP contribution in [-0.2, 0) is 20.9 Å². The van der Waals surface area contributed by atoms with Crippen LogP contribution in [0, 0.1) is 17.5 Å². The van der Waals surface area contributed by atoms with E-state index >= 15 is 0 Å². The fraction of sp³-hybridized carbons (Fsp3) is 0.464. The van der Waals surface area contributed by atoms with Crippen LogP contribution in [0.2, 0.25) is 0 Å². The van der Waals surface area contributed by atoms with Gasteiger partial charge in [-0.1, -0.05) is 55.3 Å². The van der Waals surface area contributed by atoms with Crippen LogP contribution in [0.25, 0.3) is 11.3 Å². The molecule has 216 valence electrons. The van der Waals surface area contributed by atoms with Crippen LogP contribution < -0.4 is 0 Å². The lowest BCUT2D eigenvalue weighted by atomic mass is 9.88. The second kappa shape index (κ2) is 13.5. The van der Waals surface area contributed by atoms with Crippen LogP contribution in [0.5, 0.6) is 0 Å². The number of aliphatic hydroxyl groups is 3. The second-order valence-corrected chi connectivity index (χ2v) is 9.77. The number of Topliss-reactive ketones (excluding diaryl/α,β-unsaturated/α-hetero) is 1. The quantitative estimate of drug-likeness (QED) is 0.227. The molecule has 0 radical (unpaired) electrons. The van der Waals surface area contributed by atoms with E-state index in [0.29, 0.717) is 6.42 Å². The van der Waals surface area contributed by atoms with Crippen LogP contribution in [0.4, 0.5) is 13.2 Å². The maximum atomic E-state index is 13.8. The molecule has 0 spiro atoms. The molecular formula is C28H32F3N3O6. The summed E-state index contributed by atoms with van der Waals surface area (Å²) < 4.78 is 53.9. The molecule has 1 aliphatic heterocycles. The van der Waals surface area contributed by atoms with E-state index in [-0.39, 0.29) is 30.1 Å². The van der Waals surface area contributed by atoms with Gasteiger partial charge in [0.25, 0.3) is 0 Å². The summed E-state index contributed by atoms with van der Waals surface area (Å²) in [7, 11) is 0. The van der Waals surface area contributed by atoms with Crippen LogP contribution >= 0.6 is 0 Å². The summed E-state index contributed by atoms with van der Waals surface area (Å²) in [5, 5.41) is 40.1. The fourth-order valence-electron chi connectivity index (χ4n) is 4.77. The molecule has 0 saturated carbocycles. The van der Waals surface area contributed by atoms with E-state index in [0.717, 1.165) is 35.2 Å². The molecule has 2 heterocycles. The molecule has 0 aliphatic carbocycles. The van der Waals surface area contributed by atoms with Gasteiger partial charge in [0.15, 0.2) is 23.2 Å². The maximum Gasteiger partial charge on any atom is 0.194 e. The molecule has 2 unspecified atom stereocenters. The topological polar surface area (TPSA) is 127 Å². The zero-order valence-corrected chi connectivity index (χ0v) is 21.9. The van der Waals surface area contributed by atoms with Gasteiger partial charge in [-0.3, -0.25) is 4.79 Å². The average molecular weight is 564 g/mol. The highest BCUT2D eigenvalue weighted by molar-refractivity contribution is 5.83. The van der Waals surface area contributed by atoms with Crippen molar-refractivity contribution >= 4 is 5.78 Å². The second-order valence-electron chi connectivity index (χ2n) is 9.77. The molecule has 4 rings (SSSR count). The Morgan fingerprint density at radius 3 is 2.45 bits per heavy atom. The van der Waals surface area contributed by atoms with E-state index in [1.54, 1.807) is 0 Å². The van der Waals surface area contributed by atoms with Crippen molar-refractivity contribution in [3.05, 3.63) is 71.7 Å². The third kappa shape index (κ3) is 6.58. The number of carbonyl (C=O) groups is 1. The number of ketones is 1. The minimum absolute atomic E-state index is 0.0454. The van der Waals surface area contributed by atoms with E-state index in [4.69, 9.17) is 9.47 Å². The monoisotopic (exact) mass is 563 g/mol. The molecule has 0 amide bonds. The molecular weight excluding hydrogens is 531 g/mol. The molecule has 6 atom stereocenters. The fourth-order valence-corrected chi connectivity index (χ4v) is 4.77. The summed E-state index contributed by atoms with van der Waals surface area (Å²) in [4.78, 5) is 13.3. The maximum absolute atomic E-state index is 13.8. The van der Waals surface area contributed by atoms with Gasteiger partial charge in [0.05, 0.1) is 19.4 Å². The Morgan fingerprint density at radius 2 is 1.80 bits per heavy atom. The Kier molecular flexibility index (Phi) is 10.0. The number of aliphatic hydroxyl groups excluding tert-OH is 3. The number of unbranched alkanes of at least 4 members (excludes halogenated alkanes) is 2. The minimum atomic E-state index is -1.63. The van der Waals surface area contributed by atoms with E-state index in [1.165, 1.54) is 6.20 Å². The zero-order valence-electron chi connectivity index (χ0n) is 21.9. The highest BCUT2D eigenvalue weighted by Gasteiger charge is 2.50. The number of carbonyl (C=O) groups excluding carboxylic acids is 1. The Hall–Kier alpha value is -3.16. The van der Waals surface area contributed by atoms with Gasteiger partial charge in [0.1, 0.15) is 42.3 Å². The summed E-state index contributed by atoms with van der Waals surface area (Å²) in [6, 6.07) is 9.31. The molecule has 12 heteroatoms. The van der Waals surface area contributed by atoms with E-state index in [1.807, 2.05) is 37.3 Å². The van der Waals surface area contributed by atoms with Gasteiger partial charge in [-0.05, 0) is 24.1 Å². The van der Waals surface area contributed by atoms with E-state index < -0.39 is 60.6 Å². The number of rotatable bonds is 12. The molecule has 1 aliphatic rings. The first-order chi connectivity index (χ1) is 19.2. The number of nitrogens with zero attached hydrogens (tertiary/aromatic N) is 3. The van der Waals surface area contributed by atoms with Crippen molar-refractivity contribution in [2.45, 2.75) is 75.8 Å². The number of hydrogen-bond donors (Lipinski definition) is 3. The standard InChI is InChI=1S/C28H32F3N3O6/c1-2-3-5-10-21(36)27(39-15-16-8-6-4-7-9-16)28-26(38)24(25(37)22(14-35)40-28)34-13-20(32-33-34)17-11-18(29)23(31)19(30)12-17/h4,6-9,11-13,22,24-28,35,37-38H,2-3,5,10,14-15H2,1H3/t22?,24-,25-,26?,27+,28+/m0/s1. The molecule has 1 fully saturated rings. The molecule has 2 aromatic carbocycles. The first-order valence-electron chi connectivity index (χ1n) is 13.1. The van der Waals surface area contributed by atoms with E-state index in [2.05, 4.69) is 10.3 Å². The molecule has 9 nitrogen and oxygen atoms in total. The van der Waals surface area contributed by atoms with Crippen molar-refractivity contribution < 1.29 is 42.8 Å². The van der Waals surface area contributed by atoms with Crippen LogP contribution in [0.3, 0.4) is 0 Å². The summed E-state index contributed by atoms with van der Waals surface area (Å²) in [5.41, 5.74) is 0.603. The van der Waals surface area contributed by atoms with Crippen molar-refractivity contribution in [3.63, 3.8) is 0 Å². The van der Waals surface area contributed by atoms with Crippen LogP contribution in [0.1, 0.15) is 44.2 Å². The first kappa shape index (κ1) is 29.8. The number of benzene rings is 2. The van der Waals surface area contributed by atoms with Gasteiger partial charge in [0, 0.05) is 12.0 Å². The normalized spacial score (nSPS) is 23.7. The number of hydrogen-bond acceptors (Lipinski definition) is 8. The van der Waals surface area contributed by atoms with Gasteiger partial charge in [0.2, 0.25) is 0 Å². The van der Waals surface area contributed by atoms with Crippen molar-refractivity contribution in [1.29, 1.82) is 0 Å². The zero-order chi connectivity index (χ0) is 28.8. The molecule has 3 N–H and O–H groups in total.